The summed E-state index contributed by atoms with van der Waals surface area (Å²) in [5, 5.41) is 3.38. The van der Waals surface area contributed by atoms with E-state index < -0.39 is 0 Å². The van der Waals surface area contributed by atoms with Gasteiger partial charge < -0.3 is 9.47 Å². The smallest absolute Gasteiger partial charge is 0.308 e. The Morgan fingerprint density at radius 2 is 2.18 bits per heavy atom. The normalized spacial score (nSPS) is 19.5. The van der Waals surface area contributed by atoms with Gasteiger partial charge in [0.1, 0.15) is 0 Å². The Bertz CT molecular complexity index is 535. The van der Waals surface area contributed by atoms with Gasteiger partial charge in [0.25, 0.3) is 0 Å². The Labute approximate surface area is 132 Å². The van der Waals surface area contributed by atoms with Crippen LogP contribution in [-0.4, -0.2) is 32.3 Å². The predicted octanol–water partition coefficient (Wildman–Crippen LogP) is 2.41. The van der Waals surface area contributed by atoms with Crippen molar-refractivity contribution in [1.29, 1.82) is 0 Å². The van der Waals surface area contributed by atoms with Crippen molar-refractivity contribution in [2.45, 2.75) is 31.7 Å². The van der Waals surface area contributed by atoms with Crippen molar-refractivity contribution in [1.82, 2.24) is 5.32 Å². The number of carbonyl (C=O) groups excluding carboxylic acids is 1. The lowest BCUT2D eigenvalue weighted by molar-refractivity contribution is -0.144. The van der Waals surface area contributed by atoms with E-state index in [9.17, 15) is 4.79 Å². The third-order valence-electron chi connectivity index (χ3n) is 3.86. The molecule has 0 bridgehead atoms. The van der Waals surface area contributed by atoms with E-state index >= 15 is 0 Å². The Kier molecular flexibility index (Phi) is 6.45. The molecular weight excluding hydrogens is 278 g/mol. The summed E-state index contributed by atoms with van der Waals surface area (Å²) >= 11 is 0. The van der Waals surface area contributed by atoms with E-state index in [1.54, 1.807) is 6.92 Å². The van der Waals surface area contributed by atoms with Gasteiger partial charge in [0.05, 0.1) is 32.8 Å². The first kappa shape index (κ1) is 16.5. The van der Waals surface area contributed by atoms with Crippen LogP contribution in [0.25, 0.3) is 0 Å². The number of fused-ring (bicyclic) bond motifs is 1. The SMILES string of the molecule is C#CCNC1CC(COCCC(=O)OCC)c2ccccc21. The van der Waals surface area contributed by atoms with E-state index in [-0.39, 0.29) is 12.0 Å². The second-order valence-electron chi connectivity index (χ2n) is 5.33. The molecule has 4 heteroatoms. The molecule has 0 radical (unpaired) electrons. The summed E-state index contributed by atoms with van der Waals surface area (Å²) < 4.78 is 10.6. The number of hydrogen-bond donors (Lipinski definition) is 1. The minimum Gasteiger partial charge on any atom is -0.466 e. The van der Waals surface area contributed by atoms with Crippen LogP contribution in [0, 0.1) is 12.3 Å². The van der Waals surface area contributed by atoms with E-state index in [4.69, 9.17) is 15.9 Å². The van der Waals surface area contributed by atoms with Crippen molar-refractivity contribution in [2.75, 3.05) is 26.4 Å². The first-order valence-corrected chi connectivity index (χ1v) is 7.75. The van der Waals surface area contributed by atoms with Gasteiger partial charge in [-0.1, -0.05) is 30.2 Å². The highest BCUT2D eigenvalue weighted by molar-refractivity contribution is 5.69. The van der Waals surface area contributed by atoms with Crippen molar-refractivity contribution < 1.29 is 14.3 Å². The second kappa shape index (κ2) is 8.57. The molecule has 0 aliphatic heterocycles. The molecule has 2 unspecified atom stereocenters. The highest BCUT2D eigenvalue weighted by atomic mass is 16.5. The average molecular weight is 301 g/mol. The molecule has 118 valence electrons. The summed E-state index contributed by atoms with van der Waals surface area (Å²) in [6.45, 7) is 3.80. The van der Waals surface area contributed by atoms with E-state index in [1.807, 2.05) is 12.1 Å². The Morgan fingerprint density at radius 1 is 1.41 bits per heavy atom. The summed E-state index contributed by atoms with van der Waals surface area (Å²) in [6, 6.07) is 8.67. The van der Waals surface area contributed by atoms with Gasteiger partial charge in [-0.15, -0.1) is 6.42 Å². The molecule has 1 aromatic carbocycles. The molecule has 0 saturated heterocycles. The van der Waals surface area contributed by atoms with Gasteiger partial charge in [-0.25, -0.2) is 0 Å². The summed E-state index contributed by atoms with van der Waals surface area (Å²) in [4.78, 5) is 11.3. The number of benzene rings is 1. The first-order valence-electron chi connectivity index (χ1n) is 7.75. The average Bonchev–Trinajstić information content (AvgIpc) is 2.88. The number of carbonyl (C=O) groups is 1. The highest BCUT2D eigenvalue weighted by Crippen LogP contribution is 2.40. The number of ether oxygens (including phenoxy) is 2. The first-order chi connectivity index (χ1) is 10.8. The van der Waals surface area contributed by atoms with Gasteiger partial charge in [0.2, 0.25) is 0 Å². The summed E-state index contributed by atoms with van der Waals surface area (Å²) in [7, 11) is 0. The molecular formula is C18H23NO3. The quantitative estimate of drug-likeness (QED) is 0.455. The monoisotopic (exact) mass is 301 g/mol. The largest absolute Gasteiger partial charge is 0.466 e. The molecule has 0 amide bonds. The van der Waals surface area contributed by atoms with Crippen LogP contribution in [0.3, 0.4) is 0 Å². The summed E-state index contributed by atoms with van der Waals surface area (Å²) in [5.41, 5.74) is 2.62. The lowest BCUT2D eigenvalue weighted by Gasteiger charge is -2.13. The Morgan fingerprint density at radius 3 is 2.91 bits per heavy atom. The standard InChI is InChI=1S/C18H23NO3/c1-3-10-19-17-12-14(15-7-5-6-8-16(15)17)13-21-11-9-18(20)22-4-2/h1,5-8,14,17,19H,4,9-13H2,2H3. The van der Waals surface area contributed by atoms with Gasteiger partial charge >= 0.3 is 5.97 Å². The maximum absolute atomic E-state index is 11.3. The van der Waals surface area contributed by atoms with E-state index in [0.717, 1.165) is 6.42 Å². The van der Waals surface area contributed by atoms with Crippen LogP contribution in [0.2, 0.25) is 0 Å². The third kappa shape index (κ3) is 4.33. The fourth-order valence-corrected chi connectivity index (χ4v) is 2.89. The van der Waals surface area contributed by atoms with Crippen LogP contribution in [0.5, 0.6) is 0 Å². The van der Waals surface area contributed by atoms with Crippen LogP contribution >= 0.6 is 0 Å². The molecule has 0 saturated carbocycles. The number of terminal acetylenes is 1. The fourth-order valence-electron chi connectivity index (χ4n) is 2.89. The zero-order valence-corrected chi connectivity index (χ0v) is 13.0. The molecule has 0 aromatic heterocycles. The minimum absolute atomic E-state index is 0.206. The van der Waals surface area contributed by atoms with E-state index in [1.165, 1.54) is 11.1 Å². The van der Waals surface area contributed by atoms with Crippen molar-refractivity contribution in [3.05, 3.63) is 35.4 Å². The fraction of sp³-hybridized carbons (Fsp3) is 0.500. The van der Waals surface area contributed by atoms with Crippen LogP contribution in [0.4, 0.5) is 0 Å². The molecule has 1 aromatic rings. The highest BCUT2D eigenvalue weighted by Gasteiger charge is 2.30. The van der Waals surface area contributed by atoms with Crippen molar-refractivity contribution in [2.24, 2.45) is 0 Å². The molecule has 1 aliphatic carbocycles. The molecule has 2 atom stereocenters. The van der Waals surface area contributed by atoms with Crippen LogP contribution in [0.1, 0.15) is 42.9 Å². The number of esters is 1. The van der Waals surface area contributed by atoms with Crippen molar-refractivity contribution in [3.8, 4) is 12.3 Å². The Hall–Kier alpha value is -1.83. The lowest BCUT2D eigenvalue weighted by atomic mass is 10.0. The van der Waals surface area contributed by atoms with Crippen LogP contribution in [0.15, 0.2) is 24.3 Å². The lowest BCUT2D eigenvalue weighted by Crippen LogP contribution is -2.19. The predicted molar refractivity (Wildman–Crippen MR) is 85.4 cm³/mol. The zero-order chi connectivity index (χ0) is 15.8. The molecule has 0 fully saturated rings. The second-order valence-corrected chi connectivity index (χ2v) is 5.33. The summed E-state index contributed by atoms with van der Waals surface area (Å²) in [6.07, 6.45) is 6.61. The van der Waals surface area contributed by atoms with E-state index in [2.05, 4.69) is 23.4 Å². The number of rotatable bonds is 8. The molecule has 22 heavy (non-hydrogen) atoms. The molecule has 4 nitrogen and oxygen atoms in total. The van der Waals surface area contributed by atoms with Crippen LogP contribution in [-0.2, 0) is 14.3 Å². The zero-order valence-electron chi connectivity index (χ0n) is 13.0. The topological polar surface area (TPSA) is 47.6 Å². The van der Waals surface area contributed by atoms with Gasteiger partial charge in [0, 0.05) is 12.0 Å². The van der Waals surface area contributed by atoms with Gasteiger partial charge in [-0.05, 0) is 24.5 Å². The van der Waals surface area contributed by atoms with Gasteiger partial charge in [0.15, 0.2) is 0 Å². The third-order valence-corrected chi connectivity index (χ3v) is 3.86. The number of nitrogens with one attached hydrogen (secondary N) is 1. The van der Waals surface area contributed by atoms with E-state index in [0.29, 0.717) is 38.7 Å². The minimum atomic E-state index is -0.206. The maximum Gasteiger partial charge on any atom is 0.308 e. The van der Waals surface area contributed by atoms with Crippen molar-refractivity contribution in [3.63, 3.8) is 0 Å². The van der Waals surface area contributed by atoms with Crippen molar-refractivity contribution >= 4 is 5.97 Å². The molecule has 1 aliphatic rings. The molecule has 1 N–H and O–H groups in total. The van der Waals surface area contributed by atoms with Crippen LogP contribution < -0.4 is 5.32 Å². The summed E-state index contributed by atoms with van der Waals surface area (Å²) in [5.74, 6) is 2.76. The molecule has 2 rings (SSSR count). The molecule has 0 heterocycles. The molecule has 0 spiro atoms. The Balaban J connectivity index is 1.85. The maximum atomic E-state index is 11.3. The van der Waals surface area contributed by atoms with Gasteiger partial charge in [-0.3, -0.25) is 10.1 Å². The number of hydrogen-bond acceptors (Lipinski definition) is 4. The van der Waals surface area contributed by atoms with Gasteiger partial charge in [-0.2, -0.15) is 0 Å².